The number of sulfone groups is 1. The molecule has 6 nitrogen and oxygen atoms in total. The Bertz CT molecular complexity index is 502. The Balaban J connectivity index is 1.94. The van der Waals surface area contributed by atoms with Crippen LogP contribution in [0.1, 0.15) is 6.42 Å². The number of rotatable bonds is 3. The van der Waals surface area contributed by atoms with Crippen LogP contribution in [0.15, 0.2) is 0 Å². The highest BCUT2D eigenvalue weighted by atomic mass is 35.5. The van der Waals surface area contributed by atoms with Gasteiger partial charge in [-0.2, -0.15) is 15.0 Å². The van der Waals surface area contributed by atoms with Crippen molar-refractivity contribution in [1.82, 2.24) is 15.0 Å². The lowest BCUT2D eigenvalue weighted by atomic mass is 10.1. The number of halogens is 2. The Morgan fingerprint density at radius 1 is 1.24 bits per heavy atom. The molecule has 1 unspecified atom stereocenters. The molecule has 1 aromatic heterocycles. The maximum atomic E-state index is 11.2. The van der Waals surface area contributed by atoms with E-state index in [1.165, 1.54) is 0 Å². The Morgan fingerprint density at radius 2 is 1.88 bits per heavy atom. The van der Waals surface area contributed by atoms with E-state index in [0.717, 1.165) is 0 Å². The van der Waals surface area contributed by atoms with Gasteiger partial charge in [-0.1, -0.05) is 0 Å². The van der Waals surface area contributed by atoms with Gasteiger partial charge in [0, 0.05) is 6.54 Å². The lowest BCUT2D eigenvalue weighted by molar-refractivity contribution is 0.595. The molecule has 1 saturated heterocycles. The molecule has 0 radical (unpaired) electrons. The molecule has 1 aromatic rings. The van der Waals surface area contributed by atoms with Crippen molar-refractivity contribution < 1.29 is 8.42 Å². The van der Waals surface area contributed by atoms with Gasteiger partial charge in [-0.15, -0.1) is 0 Å². The minimum absolute atomic E-state index is 0.00606. The van der Waals surface area contributed by atoms with Gasteiger partial charge in [0.25, 0.3) is 0 Å². The molecular formula is C8H10Cl2N4O2S. The SMILES string of the molecule is O=S1(=O)CCC(CNc2nc(Cl)nc(Cl)n2)C1. The van der Waals surface area contributed by atoms with Crippen molar-refractivity contribution >= 4 is 39.0 Å². The zero-order valence-electron chi connectivity index (χ0n) is 8.73. The number of nitrogens with zero attached hydrogens (tertiary/aromatic N) is 3. The van der Waals surface area contributed by atoms with Gasteiger partial charge in [0.2, 0.25) is 16.5 Å². The first-order chi connectivity index (χ1) is 7.94. The molecule has 1 N–H and O–H groups in total. The van der Waals surface area contributed by atoms with E-state index in [2.05, 4.69) is 20.3 Å². The van der Waals surface area contributed by atoms with Crippen LogP contribution in [0.2, 0.25) is 10.6 Å². The van der Waals surface area contributed by atoms with Gasteiger partial charge in [0.15, 0.2) is 9.84 Å². The molecule has 2 heterocycles. The van der Waals surface area contributed by atoms with E-state index in [9.17, 15) is 8.42 Å². The molecule has 9 heteroatoms. The summed E-state index contributed by atoms with van der Waals surface area (Å²) in [5, 5.41) is 2.92. The Labute approximate surface area is 109 Å². The summed E-state index contributed by atoms with van der Waals surface area (Å²) in [4.78, 5) is 11.3. The highest BCUT2D eigenvalue weighted by molar-refractivity contribution is 7.91. The molecule has 17 heavy (non-hydrogen) atoms. The summed E-state index contributed by atoms with van der Waals surface area (Å²) in [7, 11) is -2.86. The zero-order valence-corrected chi connectivity index (χ0v) is 11.1. The quantitative estimate of drug-likeness (QED) is 0.896. The van der Waals surface area contributed by atoms with Gasteiger partial charge < -0.3 is 5.32 Å². The highest BCUT2D eigenvalue weighted by Gasteiger charge is 2.27. The van der Waals surface area contributed by atoms with E-state index >= 15 is 0 Å². The number of hydrogen-bond acceptors (Lipinski definition) is 6. The van der Waals surface area contributed by atoms with Crippen molar-refractivity contribution in [2.45, 2.75) is 6.42 Å². The average molecular weight is 297 g/mol. The van der Waals surface area contributed by atoms with Crippen molar-refractivity contribution in [3.8, 4) is 0 Å². The molecular weight excluding hydrogens is 287 g/mol. The molecule has 0 spiro atoms. The summed E-state index contributed by atoms with van der Waals surface area (Å²) in [5.41, 5.74) is 0. The number of aromatic nitrogens is 3. The Morgan fingerprint density at radius 3 is 2.41 bits per heavy atom. The van der Waals surface area contributed by atoms with Gasteiger partial charge in [0.1, 0.15) is 0 Å². The largest absolute Gasteiger partial charge is 0.354 e. The third-order valence-electron chi connectivity index (χ3n) is 2.46. The van der Waals surface area contributed by atoms with Gasteiger partial charge in [-0.05, 0) is 35.5 Å². The first-order valence-electron chi connectivity index (χ1n) is 4.96. The lowest BCUT2D eigenvalue weighted by Crippen LogP contribution is -2.17. The van der Waals surface area contributed by atoms with Crippen LogP contribution in [0.4, 0.5) is 5.95 Å². The Hall–Kier alpha value is -0.660. The van der Waals surface area contributed by atoms with E-state index in [-0.39, 0.29) is 33.9 Å². The van der Waals surface area contributed by atoms with E-state index in [0.29, 0.717) is 13.0 Å². The van der Waals surface area contributed by atoms with Crippen molar-refractivity contribution in [2.75, 3.05) is 23.4 Å². The zero-order chi connectivity index (χ0) is 12.5. The molecule has 0 amide bonds. The van der Waals surface area contributed by atoms with Crippen molar-refractivity contribution in [3.63, 3.8) is 0 Å². The molecule has 1 atom stereocenters. The minimum Gasteiger partial charge on any atom is -0.354 e. The van der Waals surface area contributed by atoms with Crippen LogP contribution in [0.5, 0.6) is 0 Å². The predicted octanol–water partition coefficient (Wildman–Crippen LogP) is 1.02. The fraction of sp³-hybridized carbons (Fsp3) is 0.625. The molecule has 1 aliphatic heterocycles. The fourth-order valence-corrected chi connectivity index (χ4v) is 3.90. The summed E-state index contributed by atoms with van der Waals surface area (Å²) < 4.78 is 22.5. The first kappa shape index (κ1) is 12.8. The maximum Gasteiger partial charge on any atom is 0.228 e. The molecule has 2 rings (SSSR count). The molecule has 94 valence electrons. The molecule has 0 bridgehead atoms. The molecule has 1 fully saturated rings. The van der Waals surface area contributed by atoms with Gasteiger partial charge in [-0.25, -0.2) is 8.42 Å². The van der Waals surface area contributed by atoms with Crippen LogP contribution in [0, 0.1) is 5.92 Å². The third-order valence-corrected chi connectivity index (χ3v) is 4.63. The van der Waals surface area contributed by atoms with Crippen LogP contribution in [-0.2, 0) is 9.84 Å². The summed E-state index contributed by atoms with van der Waals surface area (Å²) in [5.74, 6) is 0.790. The fourth-order valence-electron chi connectivity index (χ4n) is 1.67. The van der Waals surface area contributed by atoms with E-state index in [4.69, 9.17) is 23.2 Å². The van der Waals surface area contributed by atoms with Crippen molar-refractivity contribution in [1.29, 1.82) is 0 Å². The second-order valence-corrected chi connectivity index (χ2v) is 6.75. The molecule has 0 saturated carbocycles. The number of nitrogens with one attached hydrogen (secondary N) is 1. The summed E-state index contributed by atoms with van der Waals surface area (Å²) >= 11 is 11.2. The van der Waals surface area contributed by atoms with Crippen LogP contribution in [0.25, 0.3) is 0 Å². The molecule has 1 aliphatic rings. The monoisotopic (exact) mass is 296 g/mol. The lowest BCUT2D eigenvalue weighted by Gasteiger charge is -2.09. The van der Waals surface area contributed by atoms with Crippen LogP contribution in [-0.4, -0.2) is 41.4 Å². The van der Waals surface area contributed by atoms with Gasteiger partial charge in [0.05, 0.1) is 11.5 Å². The topological polar surface area (TPSA) is 84.8 Å². The van der Waals surface area contributed by atoms with E-state index in [1.54, 1.807) is 0 Å². The summed E-state index contributed by atoms with van der Waals surface area (Å²) in [6.45, 7) is 0.482. The van der Waals surface area contributed by atoms with Gasteiger partial charge >= 0.3 is 0 Å². The van der Waals surface area contributed by atoms with Gasteiger partial charge in [-0.3, -0.25) is 0 Å². The maximum absolute atomic E-state index is 11.2. The normalized spacial score (nSPS) is 22.6. The summed E-state index contributed by atoms with van der Waals surface area (Å²) in [6.07, 6.45) is 0.655. The highest BCUT2D eigenvalue weighted by Crippen LogP contribution is 2.19. The van der Waals surface area contributed by atoms with Crippen molar-refractivity contribution in [2.24, 2.45) is 5.92 Å². The minimum atomic E-state index is -2.86. The van der Waals surface area contributed by atoms with E-state index in [1.807, 2.05) is 0 Å². The second kappa shape index (κ2) is 4.91. The smallest absolute Gasteiger partial charge is 0.228 e. The van der Waals surface area contributed by atoms with Crippen LogP contribution >= 0.6 is 23.2 Å². The predicted molar refractivity (Wildman–Crippen MR) is 65.1 cm³/mol. The number of hydrogen-bond donors (Lipinski definition) is 1. The number of anilines is 1. The standard InChI is InChI=1S/C8H10Cl2N4O2S/c9-6-12-7(10)14-8(13-6)11-3-5-1-2-17(15,16)4-5/h5H,1-4H2,(H,11,12,13,14). The van der Waals surface area contributed by atoms with Crippen LogP contribution in [0.3, 0.4) is 0 Å². The molecule has 0 aromatic carbocycles. The summed E-state index contributed by atoms with van der Waals surface area (Å²) in [6, 6.07) is 0. The van der Waals surface area contributed by atoms with E-state index < -0.39 is 9.84 Å². The Kier molecular flexibility index (Phi) is 3.70. The third kappa shape index (κ3) is 3.65. The second-order valence-electron chi connectivity index (χ2n) is 3.85. The molecule has 0 aliphatic carbocycles. The van der Waals surface area contributed by atoms with Crippen LogP contribution < -0.4 is 5.32 Å². The average Bonchev–Trinajstić information content (AvgIpc) is 2.54. The van der Waals surface area contributed by atoms with Crippen molar-refractivity contribution in [3.05, 3.63) is 10.6 Å². The first-order valence-corrected chi connectivity index (χ1v) is 7.54.